The Morgan fingerprint density at radius 3 is 2.69 bits per heavy atom. The molecule has 3 N–H and O–H groups in total. The number of aromatic amines is 1. The molecule has 0 amide bonds. The summed E-state index contributed by atoms with van der Waals surface area (Å²) in [6.07, 6.45) is 10.4. The summed E-state index contributed by atoms with van der Waals surface area (Å²) in [5.41, 5.74) is 7.01. The number of hydrogen-bond donors (Lipinski definition) is 2. The van der Waals surface area contributed by atoms with E-state index in [4.69, 9.17) is 5.73 Å². The summed E-state index contributed by atoms with van der Waals surface area (Å²) in [5.74, 6) is 1.09. The van der Waals surface area contributed by atoms with Crippen molar-refractivity contribution >= 4 is 0 Å². The molecule has 0 spiro atoms. The molecular formula is C13H25N3. The van der Waals surface area contributed by atoms with Crippen LogP contribution in [-0.4, -0.2) is 9.97 Å². The summed E-state index contributed by atoms with van der Waals surface area (Å²) in [6.45, 7) is 4.33. The summed E-state index contributed by atoms with van der Waals surface area (Å²) >= 11 is 0. The van der Waals surface area contributed by atoms with Crippen LogP contribution in [0.25, 0.3) is 0 Å². The molecule has 3 heteroatoms. The quantitative estimate of drug-likeness (QED) is 0.664. The van der Waals surface area contributed by atoms with Crippen LogP contribution in [0.1, 0.15) is 69.9 Å². The molecular weight excluding hydrogens is 198 g/mol. The van der Waals surface area contributed by atoms with E-state index in [0.717, 1.165) is 24.4 Å². The Kier molecular flexibility index (Phi) is 6.16. The fourth-order valence-corrected chi connectivity index (χ4v) is 1.81. The number of nitrogens with two attached hydrogens (primary N) is 1. The van der Waals surface area contributed by atoms with Crippen LogP contribution in [-0.2, 0) is 6.42 Å². The Morgan fingerprint density at radius 1 is 1.25 bits per heavy atom. The molecule has 0 fully saturated rings. The SMILES string of the molecule is CCCCCCCc1ncc(C(N)CC)[nH]1. The Hall–Kier alpha value is -0.830. The van der Waals surface area contributed by atoms with Crippen molar-refractivity contribution < 1.29 is 0 Å². The summed E-state index contributed by atoms with van der Waals surface area (Å²) in [6, 6.07) is 0.112. The van der Waals surface area contributed by atoms with Gasteiger partial charge in [0.2, 0.25) is 0 Å². The average Bonchev–Trinajstić information content (AvgIpc) is 2.76. The number of nitrogens with zero attached hydrogens (tertiary/aromatic N) is 1. The van der Waals surface area contributed by atoms with E-state index in [-0.39, 0.29) is 6.04 Å². The second kappa shape index (κ2) is 7.44. The summed E-state index contributed by atoms with van der Waals surface area (Å²) in [4.78, 5) is 7.69. The highest BCUT2D eigenvalue weighted by atomic mass is 14.9. The normalized spacial score (nSPS) is 12.9. The average molecular weight is 223 g/mol. The number of nitrogens with one attached hydrogen (secondary N) is 1. The van der Waals surface area contributed by atoms with Gasteiger partial charge in [0.1, 0.15) is 5.82 Å². The highest BCUT2D eigenvalue weighted by molar-refractivity contribution is 5.05. The first-order valence-corrected chi connectivity index (χ1v) is 6.57. The van der Waals surface area contributed by atoms with E-state index in [9.17, 15) is 0 Å². The zero-order valence-corrected chi connectivity index (χ0v) is 10.6. The van der Waals surface area contributed by atoms with Crippen molar-refractivity contribution in [2.45, 2.75) is 64.8 Å². The number of hydrogen-bond acceptors (Lipinski definition) is 2. The molecule has 0 aliphatic heterocycles. The molecule has 1 atom stereocenters. The van der Waals surface area contributed by atoms with Crippen molar-refractivity contribution in [2.24, 2.45) is 5.73 Å². The van der Waals surface area contributed by atoms with Crippen LogP contribution in [0.15, 0.2) is 6.20 Å². The molecule has 0 radical (unpaired) electrons. The fourth-order valence-electron chi connectivity index (χ4n) is 1.81. The van der Waals surface area contributed by atoms with Gasteiger partial charge in [-0.3, -0.25) is 0 Å². The highest BCUT2D eigenvalue weighted by Crippen LogP contribution is 2.12. The van der Waals surface area contributed by atoms with Gasteiger partial charge in [0.25, 0.3) is 0 Å². The summed E-state index contributed by atoms with van der Waals surface area (Å²) < 4.78 is 0. The highest BCUT2D eigenvalue weighted by Gasteiger charge is 2.06. The lowest BCUT2D eigenvalue weighted by Gasteiger charge is -2.04. The zero-order valence-electron chi connectivity index (χ0n) is 10.6. The van der Waals surface area contributed by atoms with Gasteiger partial charge >= 0.3 is 0 Å². The van der Waals surface area contributed by atoms with Gasteiger partial charge in [-0.15, -0.1) is 0 Å². The van der Waals surface area contributed by atoms with Crippen LogP contribution in [0.3, 0.4) is 0 Å². The van der Waals surface area contributed by atoms with Gasteiger partial charge in [-0.1, -0.05) is 39.5 Å². The molecule has 0 bridgehead atoms. The minimum Gasteiger partial charge on any atom is -0.345 e. The third-order valence-electron chi connectivity index (χ3n) is 3.00. The molecule has 1 aromatic rings. The van der Waals surface area contributed by atoms with Crippen molar-refractivity contribution in [3.8, 4) is 0 Å². The molecule has 16 heavy (non-hydrogen) atoms. The lowest BCUT2D eigenvalue weighted by atomic mass is 10.1. The number of aromatic nitrogens is 2. The van der Waals surface area contributed by atoms with Crippen LogP contribution >= 0.6 is 0 Å². The van der Waals surface area contributed by atoms with E-state index in [1.807, 2.05) is 6.20 Å². The van der Waals surface area contributed by atoms with E-state index < -0.39 is 0 Å². The molecule has 92 valence electrons. The van der Waals surface area contributed by atoms with Gasteiger partial charge in [0.15, 0.2) is 0 Å². The number of H-pyrrole nitrogens is 1. The van der Waals surface area contributed by atoms with E-state index in [1.54, 1.807) is 0 Å². The van der Waals surface area contributed by atoms with Crippen LogP contribution in [0.2, 0.25) is 0 Å². The minimum atomic E-state index is 0.112. The van der Waals surface area contributed by atoms with Gasteiger partial charge in [0, 0.05) is 18.7 Å². The monoisotopic (exact) mass is 223 g/mol. The van der Waals surface area contributed by atoms with Gasteiger partial charge in [0.05, 0.1) is 5.69 Å². The molecule has 0 saturated heterocycles. The van der Waals surface area contributed by atoms with Gasteiger partial charge < -0.3 is 10.7 Å². The van der Waals surface area contributed by atoms with Crippen LogP contribution in [0.4, 0.5) is 0 Å². The molecule has 1 aromatic heterocycles. The topological polar surface area (TPSA) is 54.7 Å². The molecule has 0 saturated carbocycles. The standard InChI is InChI=1S/C13H25N3/c1-3-5-6-7-8-9-13-15-10-12(16-13)11(14)4-2/h10-11H,3-9,14H2,1-2H3,(H,15,16). The van der Waals surface area contributed by atoms with E-state index in [1.165, 1.54) is 32.1 Å². The van der Waals surface area contributed by atoms with Crippen molar-refractivity contribution in [3.63, 3.8) is 0 Å². The maximum atomic E-state index is 5.93. The number of rotatable bonds is 8. The zero-order chi connectivity index (χ0) is 11.8. The Labute approximate surface area is 98.8 Å². The molecule has 0 aliphatic carbocycles. The van der Waals surface area contributed by atoms with Crippen LogP contribution in [0, 0.1) is 0 Å². The molecule has 0 aliphatic rings. The van der Waals surface area contributed by atoms with Crippen molar-refractivity contribution in [1.29, 1.82) is 0 Å². The smallest absolute Gasteiger partial charge is 0.106 e. The second-order valence-corrected chi connectivity index (χ2v) is 4.46. The minimum absolute atomic E-state index is 0.112. The Morgan fingerprint density at radius 2 is 2.00 bits per heavy atom. The summed E-state index contributed by atoms with van der Waals surface area (Å²) in [7, 11) is 0. The maximum Gasteiger partial charge on any atom is 0.106 e. The first kappa shape index (κ1) is 13.2. The predicted molar refractivity (Wildman–Crippen MR) is 68.3 cm³/mol. The summed E-state index contributed by atoms with van der Waals surface area (Å²) in [5, 5.41) is 0. The molecule has 0 aromatic carbocycles. The van der Waals surface area contributed by atoms with Crippen molar-refractivity contribution in [2.75, 3.05) is 0 Å². The Balaban J connectivity index is 2.24. The number of aryl methyl sites for hydroxylation is 1. The molecule has 1 heterocycles. The van der Waals surface area contributed by atoms with Crippen LogP contribution in [0.5, 0.6) is 0 Å². The predicted octanol–water partition coefficient (Wildman–Crippen LogP) is 3.33. The van der Waals surface area contributed by atoms with Gasteiger partial charge in [-0.2, -0.15) is 0 Å². The van der Waals surface area contributed by atoms with E-state index in [2.05, 4.69) is 23.8 Å². The van der Waals surface area contributed by atoms with Crippen molar-refractivity contribution in [3.05, 3.63) is 17.7 Å². The fraction of sp³-hybridized carbons (Fsp3) is 0.769. The van der Waals surface area contributed by atoms with Gasteiger partial charge in [-0.25, -0.2) is 4.98 Å². The van der Waals surface area contributed by atoms with E-state index >= 15 is 0 Å². The first-order valence-electron chi connectivity index (χ1n) is 6.57. The largest absolute Gasteiger partial charge is 0.345 e. The van der Waals surface area contributed by atoms with Crippen molar-refractivity contribution in [1.82, 2.24) is 9.97 Å². The number of unbranched alkanes of at least 4 members (excludes halogenated alkanes) is 4. The third-order valence-corrected chi connectivity index (χ3v) is 3.00. The molecule has 1 rings (SSSR count). The number of imidazole rings is 1. The lowest BCUT2D eigenvalue weighted by Crippen LogP contribution is -2.08. The maximum absolute atomic E-state index is 5.93. The second-order valence-electron chi connectivity index (χ2n) is 4.46. The third kappa shape index (κ3) is 4.35. The molecule has 3 nitrogen and oxygen atoms in total. The first-order chi connectivity index (χ1) is 7.77. The van der Waals surface area contributed by atoms with E-state index in [0.29, 0.717) is 0 Å². The van der Waals surface area contributed by atoms with Gasteiger partial charge in [-0.05, 0) is 12.8 Å². The van der Waals surface area contributed by atoms with Crippen LogP contribution < -0.4 is 5.73 Å². The molecule has 1 unspecified atom stereocenters. The lowest BCUT2D eigenvalue weighted by molar-refractivity contribution is 0.622. The Bertz CT molecular complexity index is 280.